The summed E-state index contributed by atoms with van der Waals surface area (Å²) in [4.78, 5) is 0. The molecule has 2 rings (SSSR count). The quantitative estimate of drug-likeness (QED) is 0.883. The van der Waals surface area contributed by atoms with Gasteiger partial charge in [0.25, 0.3) is 0 Å². The molecule has 0 bridgehead atoms. The van der Waals surface area contributed by atoms with Crippen LogP contribution in [0.25, 0.3) is 0 Å². The van der Waals surface area contributed by atoms with Crippen molar-refractivity contribution in [1.82, 2.24) is 0 Å². The highest BCUT2D eigenvalue weighted by Gasteiger charge is 2.24. The molecule has 0 heterocycles. The first-order valence-corrected chi connectivity index (χ1v) is 7.30. The molecule has 0 spiro atoms. The molecule has 17 heavy (non-hydrogen) atoms. The van der Waals surface area contributed by atoms with Gasteiger partial charge in [0.2, 0.25) is 0 Å². The Morgan fingerprint density at radius 1 is 1.35 bits per heavy atom. The van der Waals surface area contributed by atoms with Crippen molar-refractivity contribution < 1.29 is 0 Å². The molecule has 1 aromatic rings. The molecule has 1 fully saturated rings. The highest BCUT2D eigenvalue weighted by Crippen LogP contribution is 2.33. The van der Waals surface area contributed by atoms with Crippen molar-refractivity contribution in [2.24, 2.45) is 11.7 Å². The first kappa shape index (κ1) is 13.2. The highest BCUT2D eigenvalue weighted by molar-refractivity contribution is 9.10. The molecule has 1 aromatic carbocycles. The summed E-state index contributed by atoms with van der Waals surface area (Å²) in [6, 6.07) is 6.38. The SMILES string of the molecule is NCC1CCCCC1Nc1cccc(Cl)c1Br. The second kappa shape index (κ2) is 6.07. The van der Waals surface area contributed by atoms with Gasteiger partial charge in [-0.2, -0.15) is 0 Å². The lowest BCUT2D eigenvalue weighted by molar-refractivity contribution is 0.332. The third-order valence-corrected chi connectivity index (χ3v) is 4.90. The normalized spacial score (nSPS) is 24.6. The van der Waals surface area contributed by atoms with Crippen molar-refractivity contribution >= 4 is 33.2 Å². The van der Waals surface area contributed by atoms with E-state index in [-0.39, 0.29) is 0 Å². The average Bonchev–Trinajstić information content (AvgIpc) is 2.35. The first-order valence-electron chi connectivity index (χ1n) is 6.13. The zero-order valence-electron chi connectivity index (χ0n) is 9.76. The standard InChI is InChI=1S/C13H18BrClN2/c14-13-10(15)5-3-7-12(13)17-11-6-2-1-4-9(11)8-16/h3,5,7,9,11,17H,1-2,4,6,8,16H2. The zero-order valence-corrected chi connectivity index (χ0v) is 12.1. The summed E-state index contributed by atoms with van der Waals surface area (Å²) < 4.78 is 0.947. The van der Waals surface area contributed by atoms with Crippen LogP contribution in [0.2, 0.25) is 5.02 Å². The predicted octanol–water partition coefficient (Wildman–Crippen LogP) is 4.03. The van der Waals surface area contributed by atoms with Crippen molar-refractivity contribution in [3.05, 3.63) is 27.7 Å². The Kier molecular flexibility index (Phi) is 4.71. The van der Waals surface area contributed by atoms with Gasteiger partial charge < -0.3 is 11.1 Å². The monoisotopic (exact) mass is 316 g/mol. The van der Waals surface area contributed by atoms with Gasteiger partial charge in [-0.3, -0.25) is 0 Å². The number of halogens is 2. The Labute approximate surface area is 116 Å². The molecule has 2 atom stereocenters. The van der Waals surface area contributed by atoms with E-state index < -0.39 is 0 Å². The molecule has 4 heteroatoms. The third kappa shape index (κ3) is 3.15. The van der Waals surface area contributed by atoms with E-state index in [1.165, 1.54) is 25.7 Å². The van der Waals surface area contributed by atoms with E-state index >= 15 is 0 Å². The van der Waals surface area contributed by atoms with Crippen LogP contribution >= 0.6 is 27.5 Å². The fourth-order valence-corrected chi connectivity index (χ4v) is 3.05. The molecule has 0 aliphatic heterocycles. The maximum atomic E-state index is 6.09. The maximum absolute atomic E-state index is 6.09. The minimum Gasteiger partial charge on any atom is -0.381 e. The molecule has 1 saturated carbocycles. The molecule has 2 nitrogen and oxygen atoms in total. The van der Waals surface area contributed by atoms with E-state index in [2.05, 4.69) is 27.3 Å². The topological polar surface area (TPSA) is 38.0 Å². The number of nitrogens with two attached hydrogens (primary N) is 1. The molecule has 1 aliphatic carbocycles. The summed E-state index contributed by atoms with van der Waals surface area (Å²) in [5.41, 5.74) is 6.91. The summed E-state index contributed by atoms with van der Waals surface area (Å²) >= 11 is 9.61. The Balaban J connectivity index is 2.11. The predicted molar refractivity (Wildman–Crippen MR) is 77.6 cm³/mol. The second-order valence-corrected chi connectivity index (χ2v) is 5.83. The van der Waals surface area contributed by atoms with Crippen molar-refractivity contribution in [2.45, 2.75) is 31.7 Å². The Bertz CT molecular complexity index is 384. The van der Waals surface area contributed by atoms with Crippen molar-refractivity contribution in [2.75, 3.05) is 11.9 Å². The Morgan fingerprint density at radius 2 is 2.12 bits per heavy atom. The van der Waals surface area contributed by atoms with Gasteiger partial charge in [0.15, 0.2) is 0 Å². The van der Waals surface area contributed by atoms with Crippen LogP contribution < -0.4 is 11.1 Å². The van der Waals surface area contributed by atoms with Crippen LogP contribution in [-0.2, 0) is 0 Å². The number of anilines is 1. The molecule has 3 N–H and O–H groups in total. The fourth-order valence-electron chi connectivity index (χ4n) is 2.49. The van der Waals surface area contributed by atoms with Gasteiger partial charge in [-0.25, -0.2) is 0 Å². The Morgan fingerprint density at radius 3 is 2.88 bits per heavy atom. The molecule has 0 saturated heterocycles. The van der Waals surface area contributed by atoms with Crippen molar-refractivity contribution in [3.8, 4) is 0 Å². The molecule has 0 radical (unpaired) electrons. The smallest absolute Gasteiger partial charge is 0.0593 e. The van der Waals surface area contributed by atoms with Crippen molar-refractivity contribution in [3.63, 3.8) is 0 Å². The van der Waals surface area contributed by atoms with E-state index in [4.69, 9.17) is 17.3 Å². The van der Waals surface area contributed by atoms with Crippen molar-refractivity contribution in [1.29, 1.82) is 0 Å². The molecule has 0 amide bonds. The molecular weight excluding hydrogens is 300 g/mol. The lowest BCUT2D eigenvalue weighted by atomic mass is 9.84. The number of nitrogens with one attached hydrogen (secondary N) is 1. The lowest BCUT2D eigenvalue weighted by Gasteiger charge is -2.32. The van der Waals surface area contributed by atoms with Crippen LogP contribution in [0, 0.1) is 5.92 Å². The largest absolute Gasteiger partial charge is 0.381 e. The maximum Gasteiger partial charge on any atom is 0.0593 e. The van der Waals surface area contributed by atoms with Crippen LogP contribution in [0.4, 0.5) is 5.69 Å². The molecular formula is C13H18BrClN2. The van der Waals surface area contributed by atoms with E-state index in [9.17, 15) is 0 Å². The highest BCUT2D eigenvalue weighted by atomic mass is 79.9. The van der Waals surface area contributed by atoms with E-state index in [1.54, 1.807) is 0 Å². The fraction of sp³-hybridized carbons (Fsp3) is 0.538. The van der Waals surface area contributed by atoms with Crippen LogP contribution in [0.3, 0.4) is 0 Å². The molecule has 1 aliphatic rings. The summed E-state index contributed by atoms with van der Waals surface area (Å²) in [5, 5.41) is 4.33. The first-order chi connectivity index (χ1) is 8.22. The number of hydrogen-bond donors (Lipinski definition) is 2. The van der Waals surface area contributed by atoms with Gasteiger partial charge in [-0.05, 0) is 53.4 Å². The minimum absolute atomic E-state index is 0.475. The van der Waals surface area contributed by atoms with Crippen LogP contribution in [-0.4, -0.2) is 12.6 Å². The van der Waals surface area contributed by atoms with Crippen LogP contribution in [0.5, 0.6) is 0 Å². The molecule has 94 valence electrons. The third-order valence-electron chi connectivity index (χ3n) is 3.50. The zero-order chi connectivity index (χ0) is 12.3. The summed E-state index contributed by atoms with van der Waals surface area (Å²) in [7, 11) is 0. The second-order valence-electron chi connectivity index (χ2n) is 4.63. The number of benzene rings is 1. The summed E-state index contributed by atoms with van der Waals surface area (Å²) in [6.45, 7) is 0.760. The number of rotatable bonds is 3. The van der Waals surface area contributed by atoms with Gasteiger partial charge in [-0.1, -0.05) is 30.5 Å². The lowest BCUT2D eigenvalue weighted by Crippen LogP contribution is -2.36. The van der Waals surface area contributed by atoms with Crippen LogP contribution in [0.15, 0.2) is 22.7 Å². The molecule has 2 unspecified atom stereocenters. The van der Waals surface area contributed by atoms with Gasteiger partial charge in [-0.15, -0.1) is 0 Å². The van der Waals surface area contributed by atoms with Gasteiger partial charge in [0.1, 0.15) is 0 Å². The average molecular weight is 318 g/mol. The Hall–Kier alpha value is -0.250. The van der Waals surface area contributed by atoms with Gasteiger partial charge in [0.05, 0.1) is 15.2 Å². The van der Waals surface area contributed by atoms with Gasteiger partial charge in [0, 0.05) is 6.04 Å². The van der Waals surface area contributed by atoms with E-state index in [0.29, 0.717) is 12.0 Å². The van der Waals surface area contributed by atoms with E-state index in [1.807, 2.05) is 12.1 Å². The summed E-state index contributed by atoms with van der Waals surface area (Å²) in [5.74, 6) is 0.578. The molecule has 0 aromatic heterocycles. The number of hydrogen-bond acceptors (Lipinski definition) is 2. The van der Waals surface area contributed by atoms with Gasteiger partial charge >= 0.3 is 0 Å². The minimum atomic E-state index is 0.475. The van der Waals surface area contributed by atoms with E-state index in [0.717, 1.165) is 21.7 Å². The summed E-state index contributed by atoms with van der Waals surface area (Å²) in [6.07, 6.45) is 5.01. The van der Waals surface area contributed by atoms with Crippen LogP contribution in [0.1, 0.15) is 25.7 Å².